The zero-order valence-corrected chi connectivity index (χ0v) is 14.3. The lowest BCUT2D eigenvalue weighted by atomic mass is 10.2. The van der Waals surface area contributed by atoms with Gasteiger partial charge in [-0.1, -0.05) is 18.2 Å². The van der Waals surface area contributed by atoms with Crippen LogP contribution in [0.15, 0.2) is 30.3 Å². The van der Waals surface area contributed by atoms with Gasteiger partial charge in [-0.2, -0.15) is 0 Å². The van der Waals surface area contributed by atoms with Gasteiger partial charge in [-0.25, -0.2) is 4.79 Å². The van der Waals surface area contributed by atoms with Crippen LogP contribution in [-0.2, 0) is 4.79 Å². The number of carbonyl (C=O) groups is 2. The highest BCUT2D eigenvalue weighted by Crippen LogP contribution is 2.15. The van der Waals surface area contributed by atoms with E-state index in [-0.39, 0.29) is 11.9 Å². The lowest BCUT2D eigenvalue weighted by Crippen LogP contribution is -2.55. The molecule has 24 heavy (non-hydrogen) atoms. The van der Waals surface area contributed by atoms with Gasteiger partial charge in [-0.15, -0.1) is 0 Å². The number of rotatable bonds is 3. The summed E-state index contributed by atoms with van der Waals surface area (Å²) in [5, 5.41) is 2.86. The number of piperazine rings is 1. The fourth-order valence-corrected chi connectivity index (χ4v) is 3.36. The van der Waals surface area contributed by atoms with E-state index in [1.165, 1.54) is 5.69 Å². The number of hydrogen-bond donors (Lipinski definition) is 1. The molecule has 2 aliphatic rings. The van der Waals surface area contributed by atoms with E-state index in [1.54, 1.807) is 11.8 Å². The van der Waals surface area contributed by atoms with Gasteiger partial charge < -0.3 is 20.0 Å². The molecule has 3 rings (SSSR count). The number of para-hydroxylation sites is 1. The van der Waals surface area contributed by atoms with Crippen LogP contribution in [0.3, 0.4) is 0 Å². The lowest BCUT2D eigenvalue weighted by Gasteiger charge is -2.36. The molecule has 6 nitrogen and oxygen atoms in total. The van der Waals surface area contributed by atoms with Crippen LogP contribution >= 0.6 is 0 Å². The average Bonchev–Trinajstić information content (AvgIpc) is 3.16. The number of anilines is 1. The van der Waals surface area contributed by atoms with Gasteiger partial charge in [0.1, 0.15) is 6.04 Å². The normalized spacial score (nSPS) is 19.3. The minimum absolute atomic E-state index is 0.0313. The Balaban J connectivity index is 1.47. The Bertz CT molecular complexity index is 564. The maximum atomic E-state index is 12.4. The van der Waals surface area contributed by atoms with E-state index in [0.717, 1.165) is 39.0 Å². The average molecular weight is 330 g/mol. The van der Waals surface area contributed by atoms with Crippen molar-refractivity contribution in [2.45, 2.75) is 25.8 Å². The Labute approximate surface area is 143 Å². The predicted octanol–water partition coefficient (Wildman–Crippen LogP) is 1.53. The molecule has 130 valence electrons. The van der Waals surface area contributed by atoms with Gasteiger partial charge in [0.25, 0.3) is 0 Å². The van der Waals surface area contributed by atoms with Crippen LogP contribution in [0.25, 0.3) is 0 Å². The molecule has 0 radical (unpaired) electrons. The predicted molar refractivity (Wildman–Crippen MR) is 94.0 cm³/mol. The number of likely N-dealkylation sites (tertiary alicyclic amines) is 1. The molecule has 1 N–H and O–H groups in total. The second-order valence-corrected chi connectivity index (χ2v) is 6.51. The summed E-state index contributed by atoms with van der Waals surface area (Å²) in [6.45, 7) is 6.37. The van der Waals surface area contributed by atoms with Crippen LogP contribution in [0.4, 0.5) is 10.5 Å². The summed E-state index contributed by atoms with van der Waals surface area (Å²) >= 11 is 0. The first-order valence-electron chi connectivity index (χ1n) is 8.79. The van der Waals surface area contributed by atoms with Crippen LogP contribution < -0.4 is 10.2 Å². The molecular formula is C18H26N4O2. The van der Waals surface area contributed by atoms with Gasteiger partial charge in [0.2, 0.25) is 5.91 Å². The Morgan fingerprint density at radius 1 is 0.917 bits per heavy atom. The number of hydrogen-bond acceptors (Lipinski definition) is 3. The lowest BCUT2D eigenvalue weighted by molar-refractivity contribution is -0.131. The molecule has 2 fully saturated rings. The van der Waals surface area contributed by atoms with E-state index in [9.17, 15) is 9.59 Å². The van der Waals surface area contributed by atoms with Gasteiger partial charge in [0.15, 0.2) is 0 Å². The zero-order chi connectivity index (χ0) is 16.9. The van der Waals surface area contributed by atoms with Crippen molar-refractivity contribution in [1.29, 1.82) is 0 Å². The Hall–Kier alpha value is -2.24. The van der Waals surface area contributed by atoms with E-state index in [2.05, 4.69) is 22.3 Å². The molecule has 6 heteroatoms. The first-order valence-corrected chi connectivity index (χ1v) is 8.79. The number of amides is 3. The largest absolute Gasteiger partial charge is 0.368 e. The van der Waals surface area contributed by atoms with Crippen LogP contribution in [0.1, 0.15) is 19.8 Å². The van der Waals surface area contributed by atoms with Gasteiger partial charge in [0.05, 0.1) is 0 Å². The minimum Gasteiger partial charge on any atom is -0.368 e. The maximum Gasteiger partial charge on any atom is 0.318 e. The summed E-state index contributed by atoms with van der Waals surface area (Å²) in [6.07, 6.45) is 2.13. The molecule has 0 saturated carbocycles. The molecular weight excluding hydrogens is 304 g/mol. The van der Waals surface area contributed by atoms with E-state index >= 15 is 0 Å². The molecule has 2 saturated heterocycles. The Kier molecular flexibility index (Phi) is 5.23. The molecule has 0 aromatic heterocycles. The smallest absolute Gasteiger partial charge is 0.318 e. The summed E-state index contributed by atoms with van der Waals surface area (Å²) in [5.74, 6) is 0.0313. The molecule has 0 bridgehead atoms. The van der Waals surface area contributed by atoms with Gasteiger partial charge >= 0.3 is 6.03 Å². The number of benzene rings is 1. The highest BCUT2D eigenvalue weighted by Gasteiger charge is 2.27. The highest BCUT2D eigenvalue weighted by molar-refractivity contribution is 5.87. The van der Waals surface area contributed by atoms with Gasteiger partial charge in [0, 0.05) is 45.0 Å². The maximum absolute atomic E-state index is 12.4. The quantitative estimate of drug-likeness (QED) is 0.914. The van der Waals surface area contributed by atoms with Crippen molar-refractivity contribution >= 4 is 17.6 Å². The van der Waals surface area contributed by atoms with Crippen molar-refractivity contribution in [3.63, 3.8) is 0 Å². The van der Waals surface area contributed by atoms with Crippen LogP contribution in [0, 0.1) is 0 Å². The van der Waals surface area contributed by atoms with Crippen LogP contribution in [0.5, 0.6) is 0 Å². The van der Waals surface area contributed by atoms with Crippen molar-refractivity contribution in [3.8, 4) is 0 Å². The van der Waals surface area contributed by atoms with Crippen molar-refractivity contribution in [2.75, 3.05) is 44.2 Å². The van der Waals surface area contributed by atoms with Crippen LogP contribution in [-0.4, -0.2) is 67.0 Å². The summed E-state index contributed by atoms with van der Waals surface area (Å²) in [7, 11) is 0. The van der Waals surface area contributed by atoms with Crippen LogP contribution in [0.2, 0.25) is 0 Å². The Morgan fingerprint density at radius 3 is 2.17 bits per heavy atom. The Morgan fingerprint density at radius 2 is 1.54 bits per heavy atom. The molecule has 0 aliphatic carbocycles. The van der Waals surface area contributed by atoms with E-state index in [1.807, 2.05) is 23.1 Å². The fourth-order valence-electron chi connectivity index (χ4n) is 3.36. The topological polar surface area (TPSA) is 55.9 Å². The zero-order valence-electron chi connectivity index (χ0n) is 14.3. The summed E-state index contributed by atoms with van der Waals surface area (Å²) in [6, 6.07) is 9.65. The molecule has 1 atom stereocenters. The van der Waals surface area contributed by atoms with Crippen molar-refractivity contribution in [3.05, 3.63) is 30.3 Å². The second-order valence-electron chi connectivity index (χ2n) is 6.51. The minimum atomic E-state index is -0.456. The molecule has 2 aliphatic heterocycles. The fraction of sp³-hybridized carbons (Fsp3) is 0.556. The second kappa shape index (κ2) is 7.55. The molecule has 1 aromatic carbocycles. The van der Waals surface area contributed by atoms with Gasteiger partial charge in [-0.05, 0) is 31.9 Å². The molecule has 3 amide bonds. The molecule has 0 spiro atoms. The first kappa shape index (κ1) is 16.6. The highest BCUT2D eigenvalue weighted by atomic mass is 16.2. The summed E-state index contributed by atoms with van der Waals surface area (Å²) in [4.78, 5) is 30.6. The molecule has 2 heterocycles. The molecule has 1 aromatic rings. The summed E-state index contributed by atoms with van der Waals surface area (Å²) < 4.78 is 0. The number of carbonyl (C=O) groups excluding carboxylic acids is 2. The van der Waals surface area contributed by atoms with E-state index in [4.69, 9.17) is 0 Å². The SMILES string of the molecule is C[C@H](NC(=O)N1CCN(c2ccccc2)CC1)C(=O)N1CCCC1. The van der Waals surface area contributed by atoms with E-state index < -0.39 is 6.04 Å². The third-order valence-corrected chi connectivity index (χ3v) is 4.82. The first-order chi connectivity index (χ1) is 11.6. The number of nitrogens with one attached hydrogen (secondary N) is 1. The third-order valence-electron chi connectivity index (χ3n) is 4.82. The van der Waals surface area contributed by atoms with Gasteiger partial charge in [-0.3, -0.25) is 4.79 Å². The number of urea groups is 1. The molecule has 0 unspecified atom stereocenters. The van der Waals surface area contributed by atoms with Crippen molar-refractivity contribution in [2.24, 2.45) is 0 Å². The standard InChI is InChI=1S/C18H26N4O2/c1-15(17(23)21-9-5-6-10-21)19-18(24)22-13-11-20(12-14-22)16-7-3-2-4-8-16/h2-4,7-8,15H,5-6,9-14H2,1H3,(H,19,24)/t15-/m0/s1. The summed E-state index contributed by atoms with van der Waals surface area (Å²) in [5.41, 5.74) is 1.19. The van der Waals surface area contributed by atoms with Crippen molar-refractivity contribution in [1.82, 2.24) is 15.1 Å². The van der Waals surface area contributed by atoms with E-state index in [0.29, 0.717) is 13.1 Å². The monoisotopic (exact) mass is 330 g/mol. The van der Waals surface area contributed by atoms with Crippen molar-refractivity contribution < 1.29 is 9.59 Å². The number of nitrogens with zero attached hydrogens (tertiary/aromatic N) is 3. The third kappa shape index (κ3) is 3.80.